The average Bonchev–Trinajstić information content (AvgIpc) is 3.26. The number of carbonyl (C=O) groups is 3. The van der Waals surface area contributed by atoms with E-state index in [-0.39, 0.29) is 19.4 Å². The summed E-state index contributed by atoms with van der Waals surface area (Å²) < 4.78 is 17.2. The SMILES string of the molecule is CCCOC(=O)O[C@@H]1[C@@H](C)[C@@]2(O)C(C=C(CO)CC3(O)C(=O)C(C)=CC32)C2C(C)(C)C21OC(=O)CCC. The van der Waals surface area contributed by atoms with Crippen LogP contribution in [0.1, 0.15) is 67.2 Å². The monoisotopic (exact) mass is 520 g/mol. The van der Waals surface area contributed by atoms with Gasteiger partial charge < -0.3 is 29.5 Å². The quantitative estimate of drug-likeness (QED) is 0.341. The maximum Gasteiger partial charge on any atom is 0.508 e. The van der Waals surface area contributed by atoms with Gasteiger partial charge in [-0.1, -0.05) is 46.8 Å². The van der Waals surface area contributed by atoms with E-state index in [0.29, 0.717) is 24.0 Å². The Hall–Kier alpha value is -2.23. The largest absolute Gasteiger partial charge is 0.508 e. The first kappa shape index (κ1) is 27.8. The smallest absolute Gasteiger partial charge is 0.454 e. The summed E-state index contributed by atoms with van der Waals surface area (Å²) in [5, 5.41) is 34.5. The summed E-state index contributed by atoms with van der Waals surface area (Å²) in [5.41, 5.74) is -4.96. The Balaban J connectivity index is 1.90. The number of rotatable bonds is 7. The molecule has 0 heterocycles. The molecule has 4 rings (SSSR count). The summed E-state index contributed by atoms with van der Waals surface area (Å²) >= 11 is 0. The lowest BCUT2D eigenvalue weighted by Crippen LogP contribution is -2.66. The van der Waals surface area contributed by atoms with Crippen LogP contribution in [0, 0.1) is 29.1 Å². The molecule has 0 aliphatic heterocycles. The molecule has 0 saturated heterocycles. The fourth-order valence-electron chi connectivity index (χ4n) is 7.59. The maximum atomic E-state index is 13.2. The highest BCUT2D eigenvalue weighted by Crippen LogP contribution is 2.77. The van der Waals surface area contributed by atoms with Crippen molar-refractivity contribution in [3.8, 4) is 0 Å². The van der Waals surface area contributed by atoms with Crippen LogP contribution >= 0.6 is 0 Å². The van der Waals surface area contributed by atoms with E-state index in [2.05, 4.69) is 0 Å². The van der Waals surface area contributed by atoms with Gasteiger partial charge in [-0.05, 0) is 30.9 Å². The Labute approximate surface area is 217 Å². The predicted molar refractivity (Wildman–Crippen MR) is 132 cm³/mol. The molecule has 206 valence electrons. The van der Waals surface area contributed by atoms with Gasteiger partial charge in [-0.2, -0.15) is 0 Å². The normalized spacial score (nSPS) is 41.3. The van der Waals surface area contributed by atoms with Crippen LogP contribution in [0.2, 0.25) is 0 Å². The molecule has 0 amide bonds. The van der Waals surface area contributed by atoms with Crippen LogP contribution < -0.4 is 0 Å². The van der Waals surface area contributed by atoms with Crippen LogP contribution in [0.15, 0.2) is 23.3 Å². The Morgan fingerprint density at radius 2 is 1.81 bits per heavy atom. The molecule has 8 atom stereocenters. The zero-order valence-electron chi connectivity index (χ0n) is 22.6. The summed E-state index contributed by atoms with van der Waals surface area (Å²) in [5.74, 6) is -4.05. The minimum atomic E-state index is -1.96. The number of aliphatic hydroxyl groups excluding tert-OH is 1. The van der Waals surface area contributed by atoms with Crippen molar-refractivity contribution in [1.29, 1.82) is 0 Å². The van der Waals surface area contributed by atoms with E-state index in [0.717, 1.165) is 0 Å². The number of esters is 1. The summed E-state index contributed by atoms with van der Waals surface area (Å²) in [6.07, 6.45) is 2.50. The number of carbonyl (C=O) groups excluding carboxylic acids is 3. The standard InChI is InChI=1S/C28H40O9/c1-7-9-20(30)37-28-21(25(28,5)6)18-12-17(14-29)13-26(33)19(11-15(3)22(26)31)27(18,34)16(4)23(28)36-24(32)35-10-8-2/h11-12,16,18-19,21,23,29,33-34H,7-10,13-14H2,1-6H3/t16-,18?,19?,21?,23-,26?,27-,28?/m1/s1. The molecule has 9 nitrogen and oxygen atoms in total. The van der Waals surface area contributed by atoms with E-state index in [1.165, 1.54) is 0 Å². The molecule has 2 fully saturated rings. The van der Waals surface area contributed by atoms with Crippen molar-refractivity contribution in [2.75, 3.05) is 13.2 Å². The molecule has 3 N–H and O–H groups in total. The molecular formula is C28H40O9. The summed E-state index contributed by atoms with van der Waals surface area (Å²) in [7, 11) is 0. The summed E-state index contributed by atoms with van der Waals surface area (Å²) in [6.45, 7) is 10.5. The molecule has 0 radical (unpaired) electrons. The van der Waals surface area contributed by atoms with E-state index in [9.17, 15) is 29.7 Å². The predicted octanol–water partition coefficient (Wildman–Crippen LogP) is 2.85. The van der Waals surface area contributed by atoms with Gasteiger partial charge in [0, 0.05) is 41.9 Å². The molecule has 0 aromatic carbocycles. The van der Waals surface area contributed by atoms with Crippen molar-refractivity contribution in [3.63, 3.8) is 0 Å². The minimum Gasteiger partial charge on any atom is -0.454 e. The Kier molecular flexibility index (Phi) is 6.91. The molecular weight excluding hydrogens is 480 g/mol. The van der Waals surface area contributed by atoms with E-state index in [1.807, 2.05) is 27.7 Å². The van der Waals surface area contributed by atoms with Crippen LogP contribution in [0.5, 0.6) is 0 Å². The second kappa shape index (κ2) is 9.20. The molecule has 0 aromatic rings. The molecule has 0 aromatic heterocycles. The second-order valence-corrected chi connectivity index (χ2v) is 11.8. The lowest BCUT2D eigenvalue weighted by atomic mass is 9.59. The second-order valence-electron chi connectivity index (χ2n) is 11.8. The molecule has 0 spiro atoms. The van der Waals surface area contributed by atoms with Crippen molar-refractivity contribution < 1.29 is 43.9 Å². The summed E-state index contributed by atoms with van der Waals surface area (Å²) in [4.78, 5) is 38.8. The van der Waals surface area contributed by atoms with Gasteiger partial charge in [0.15, 0.2) is 17.5 Å². The summed E-state index contributed by atoms with van der Waals surface area (Å²) in [6, 6.07) is 0. The maximum absolute atomic E-state index is 13.2. The van der Waals surface area contributed by atoms with Crippen molar-refractivity contribution in [2.45, 2.75) is 90.1 Å². The Morgan fingerprint density at radius 3 is 2.41 bits per heavy atom. The van der Waals surface area contributed by atoms with E-state index in [4.69, 9.17) is 14.2 Å². The van der Waals surface area contributed by atoms with E-state index in [1.54, 1.807) is 26.0 Å². The van der Waals surface area contributed by atoms with Gasteiger partial charge in [0.2, 0.25) is 0 Å². The lowest BCUT2D eigenvalue weighted by Gasteiger charge is -2.52. The lowest BCUT2D eigenvalue weighted by molar-refractivity contribution is -0.222. The zero-order valence-corrected chi connectivity index (χ0v) is 22.6. The highest BCUT2D eigenvalue weighted by atomic mass is 16.7. The average molecular weight is 521 g/mol. The van der Waals surface area contributed by atoms with Gasteiger partial charge in [0.05, 0.1) is 18.8 Å². The highest BCUT2D eigenvalue weighted by Gasteiger charge is 2.88. The number of ketones is 1. The van der Waals surface area contributed by atoms with Crippen molar-refractivity contribution in [2.24, 2.45) is 29.1 Å². The number of hydrogen-bond acceptors (Lipinski definition) is 9. The van der Waals surface area contributed by atoms with Gasteiger partial charge in [0.25, 0.3) is 0 Å². The Bertz CT molecular complexity index is 1040. The third-order valence-corrected chi connectivity index (χ3v) is 9.34. The topological polar surface area (TPSA) is 140 Å². The molecule has 2 saturated carbocycles. The number of aliphatic hydroxyl groups is 3. The van der Waals surface area contributed by atoms with E-state index < -0.39 is 76.5 Å². The van der Waals surface area contributed by atoms with Gasteiger partial charge >= 0.3 is 12.1 Å². The fourth-order valence-corrected chi connectivity index (χ4v) is 7.59. The number of fused-ring (bicyclic) bond motifs is 5. The number of Topliss-reactive ketones (excluding diaryl/α,β-unsaturated/α-hetero) is 1. The van der Waals surface area contributed by atoms with E-state index >= 15 is 0 Å². The first-order valence-electron chi connectivity index (χ1n) is 13.3. The third-order valence-electron chi connectivity index (χ3n) is 9.34. The Morgan fingerprint density at radius 1 is 1.14 bits per heavy atom. The van der Waals surface area contributed by atoms with Gasteiger partial charge in [-0.25, -0.2) is 4.79 Å². The van der Waals surface area contributed by atoms with Gasteiger partial charge in [-0.3, -0.25) is 9.59 Å². The molecule has 4 aliphatic rings. The third kappa shape index (κ3) is 3.72. The van der Waals surface area contributed by atoms with Gasteiger partial charge in [-0.15, -0.1) is 0 Å². The fraction of sp³-hybridized carbons (Fsp3) is 0.750. The molecule has 37 heavy (non-hydrogen) atoms. The van der Waals surface area contributed by atoms with Crippen molar-refractivity contribution >= 4 is 17.9 Å². The molecule has 9 heteroatoms. The van der Waals surface area contributed by atoms with Crippen LogP contribution in [-0.2, 0) is 23.8 Å². The zero-order chi connectivity index (χ0) is 27.6. The van der Waals surface area contributed by atoms with Crippen LogP contribution in [0.25, 0.3) is 0 Å². The first-order chi connectivity index (χ1) is 17.3. The van der Waals surface area contributed by atoms with Gasteiger partial charge in [0.1, 0.15) is 5.60 Å². The molecule has 0 bridgehead atoms. The minimum absolute atomic E-state index is 0.133. The first-order valence-corrected chi connectivity index (χ1v) is 13.3. The van der Waals surface area contributed by atoms with Crippen LogP contribution in [0.3, 0.4) is 0 Å². The van der Waals surface area contributed by atoms with Crippen molar-refractivity contribution in [3.05, 3.63) is 23.3 Å². The van der Waals surface area contributed by atoms with Crippen LogP contribution in [-0.4, -0.2) is 69.3 Å². The number of hydrogen-bond donors (Lipinski definition) is 3. The van der Waals surface area contributed by atoms with Crippen molar-refractivity contribution in [1.82, 2.24) is 0 Å². The molecule has 5 unspecified atom stereocenters. The molecule has 4 aliphatic carbocycles. The highest BCUT2D eigenvalue weighted by molar-refractivity contribution is 6.04. The van der Waals surface area contributed by atoms with Crippen LogP contribution in [0.4, 0.5) is 4.79 Å². The number of ether oxygens (including phenoxy) is 3.